The molecule has 18 heavy (non-hydrogen) atoms. The van der Waals surface area contributed by atoms with E-state index in [1.165, 1.54) is 12.1 Å². The molecule has 0 aliphatic carbocycles. The van der Waals surface area contributed by atoms with Gasteiger partial charge in [-0.3, -0.25) is 0 Å². The van der Waals surface area contributed by atoms with Crippen molar-refractivity contribution in [3.05, 3.63) is 41.5 Å². The third-order valence-corrected chi connectivity index (χ3v) is 2.66. The molecule has 0 saturated carbocycles. The maximum atomic E-state index is 9.63. The fourth-order valence-corrected chi connectivity index (χ4v) is 1.68. The number of aromatic hydroxyl groups is 5. The van der Waals surface area contributed by atoms with Crippen LogP contribution in [0.15, 0.2) is 30.3 Å². The minimum Gasteiger partial charge on any atom is -0.508 e. The van der Waals surface area contributed by atoms with Crippen molar-refractivity contribution in [2.75, 3.05) is 0 Å². The summed E-state index contributed by atoms with van der Waals surface area (Å²) in [6, 6.07) is 6.70. The molecule has 0 bridgehead atoms. The zero-order chi connectivity index (χ0) is 13.3. The minimum absolute atomic E-state index is 0.111. The van der Waals surface area contributed by atoms with Gasteiger partial charge in [-0.1, -0.05) is 12.1 Å². The minimum atomic E-state index is -0.420. The van der Waals surface area contributed by atoms with Crippen LogP contribution in [0.5, 0.6) is 28.7 Å². The first kappa shape index (κ1) is 11.9. The Morgan fingerprint density at radius 2 is 1.33 bits per heavy atom. The van der Waals surface area contributed by atoms with Crippen LogP contribution in [0.3, 0.4) is 0 Å². The predicted molar refractivity (Wildman–Crippen MR) is 64.0 cm³/mol. The monoisotopic (exact) mass is 248 g/mol. The molecular weight excluding hydrogens is 236 g/mol. The molecule has 2 aromatic carbocycles. The first-order valence-electron chi connectivity index (χ1n) is 5.22. The van der Waals surface area contributed by atoms with Gasteiger partial charge in [-0.05, 0) is 12.1 Å². The molecule has 0 heterocycles. The summed E-state index contributed by atoms with van der Waals surface area (Å²) in [5.74, 6) is -1.51. The highest BCUT2D eigenvalue weighted by atomic mass is 16.3. The second-order valence-electron chi connectivity index (χ2n) is 3.93. The van der Waals surface area contributed by atoms with Gasteiger partial charge in [0.05, 0.1) is 0 Å². The molecule has 0 atom stereocenters. The third kappa shape index (κ3) is 2.10. The molecule has 0 aromatic heterocycles. The van der Waals surface area contributed by atoms with Gasteiger partial charge in [-0.25, -0.2) is 0 Å². The van der Waals surface area contributed by atoms with Crippen molar-refractivity contribution < 1.29 is 25.5 Å². The van der Waals surface area contributed by atoms with Crippen LogP contribution >= 0.6 is 0 Å². The summed E-state index contributed by atoms with van der Waals surface area (Å²) < 4.78 is 0. The summed E-state index contributed by atoms with van der Waals surface area (Å²) in [7, 11) is 0. The van der Waals surface area contributed by atoms with Crippen molar-refractivity contribution in [1.82, 2.24) is 0 Å². The molecule has 5 heteroatoms. The van der Waals surface area contributed by atoms with E-state index in [1.54, 1.807) is 12.1 Å². The summed E-state index contributed by atoms with van der Waals surface area (Å²) in [6.07, 6.45) is 0.111. The van der Waals surface area contributed by atoms with Gasteiger partial charge in [0.25, 0.3) is 0 Å². The van der Waals surface area contributed by atoms with E-state index in [2.05, 4.69) is 0 Å². The molecule has 2 rings (SSSR count). The van der Waals surface area contributed by atoms with E-state index in [0.717, 1.165) is 6.07 Å². The number of benzene rings is 2. The molecule has 0 aliphatic rings. The molecule has 0 unspecified atom stereocenters. The van der Waals surface area contributed by atoms with E-state index < -0.39 is 5.75 Å². The third-order valence-electron chi connectivity index (χ3n) is 2.66. The van der Waals surface area contributed by atoms with Gasteiger partial charge in [-0.2, -0.15) is 0 Å². The number of para-hydroxylation sites is 1. The second kappa shape index (κ2) is 4.37. The van der Waals surface area contributed by atoms with E-state index in [0.29, 0.717) is 11.1 Å². The lowest BCUT2D eigenvalue weighted by molar-refractivity contribution is 0.393. The van der Waals surface area contributed by atoms with Crippen LogP contribution in [0.25, 0.3) is 0 Å². The molecule has 2 aromatic rings. The van der Waals surface area contributed by atoms with E-state index in [-0.39, 0.29) is 29.4 Å². The smallest absolute Gasteiger partial charge is 0.161 e. The van der Waals surface area contributed by atoms with Gasteiger partial charge >= 0.3 is 0 Å². The summed E-state index contributed by atoms with van der Waals surface area (Å²) in [6.45, 7) is 0. The molecule has 0 spiro atoms. The lowest BCUT2D eigenvalue weighted by atomic mass is 10.0. The largest absolute Gasteiger partial charge is 0.508 e. The maximum Gasteiger partial charge on any atom is 0.161 e. The van der Waals surface area contributed by atoms with Gasteiger partial charge in [0.1, 0.15) is 5.75 Å². The normalized spacial score (nSPS) is 10.4. The Morgan fingerprint density at radius 1 is 0.667 bits per heavy atom. The van der Waals surface area contributed by atoms with Crippen LogP contribution in [0.1, 0.15) is 11.1 Å². The molecule has 0 saturated heterocycles. The Hall–Kier alpha value is -2.56. The Morgan fingerprint density at radius 3 is 2.06 bits per heavy atom. The lowest BCUT2D eigenvalue weighted by Gasteiger charge is -2.09. The van der Waals surface area contributed by atoms with Crippen molar-refractivity contribution in [1.29, 1.82) is 0 Å². The average molecular weight is 248 g/mol. The number of hydrogen-bond donors (Lipinski definition) is 5. The Kier molecular flexibility index (Phi) is 2.89. The lowest BCUT2D eigenvalue weighted by Crippen LogP contribution is -1.90. The summed E-state index contributed by atoms with van der Waals surface area (Å²) in [5.41, 5.74) is 0.724. The van der Waals surface area contributed by atoms with Crippen LogP contribution in [0.4, 0.5) is 0 Å². The maximum absolute atomic E-state index is 9.63. The van der Waals surface area contributed by atoms with Gasteiger partial charge in [-0.15, -0.1) is 0 Å². The molecule has 0 radical (unpaired) electrons. The van der Waals surface area contributed by atoms with Gasteiger partial charge < -0.3 is 25.5 Å². The fourth-order valence-electron chi connectivity index (χ4n) is 1.68. The number of phenolic OH excluding ortho intramolecular Hbond substituents is 5. The van der Waals surface area contributed by atoms with E-state index in [9.17, 15) is 25.5 Å². The van der Waals surface area contributed by atoms with Crippen molar-refractivity contribution in [3.63, 3.8) is 0 Å². The molecular formula is C13H12O5. The second-order valence-corrected chi connectivity index (χ2v) is 3.93. The topological polar surface area (TPSA) is 101 Å². The Bertz CT molecular complexity index is 592. The summed E-state index contributed by atoms with van der Waals surface area (Å²) >= 11 is 0. The number of phenols is 5. The van der Waals surface area contributed by atoms with E-state index in [1.807, 2.05) is 0 Å². The highest BCUT2D eigenvalue weighted by Gasteiger charge is 2.12. The molecule has 94 valence electrons. The van der Waals surface area contributed by atoms with Crippen molar-refractivity contribution in [2.45, 2.75) is 6.42 Å². The quantitative estimate of drug-likeness (QED) is 0.412. The van der Waals surface area contributed by atoms with Crippen molar-refractivity contribution in [3.8, 4) is 28.7 Å². The van der Waals surface area contributed by atoms with E-state index in [4.69, 9.17) is 0 Å². The Labute approximate surface area is 103 Å². The molecule has 5 nitrogen and oxygen atoms in total. The first-order valence-corrected chi connectivity index (χ1v) is 5.22. The van der Waals surface area contributed by atoms with Crippen molar-refractivity contribution >= 4 is 0 Å². The number of hydrogen-bond acceptors (Lipinski definition) is 5. The predicted octanol–water partition coefficient (Wildman–Crippen LogP) is 1.81. The van der Waals surface area contributed by atoms with Crippen LogP contribution in [-0.4, -0.2) is 25.5 Å². The molecule has 5 N–H and O–H groups in total. The molecule has 0 amide bonds. The zero-order valence-corrected chi connectivity index (χ0v) is 9.33. The first-order chi connectivity index (χ1) is 8.49. The van der Waals surface area contributed by atoms with Gasteiger partial charge in [0.15, 0.2) is 23.0 Å². The van der Waals surface area contributed by atoms with Crippen LogP contribution < -0.4 is 0 Å². The zero-order valence-electron chi connectivity index (χ0n) is 9.33. The van der Waals surface area contributed by atoms with Gasteiger partial charge in [0.2, 0.25) is 0 Å². The number of rotatable bonds is 2. The highest BCUT2D eigenvalue weighted by Crippen LogP contribution is 2.36. The summed E-state index contributed by atoms with van der Waals surface area (Å²) in [4.78, 5) is 0. The van der Waals surface area contributed by atoms with Crippen LogP contribution in [0, 0.1) is 0 Å². The SMILES string of the molecule is Oc1cc(O)c(Cc2cccc(O)c2O)cc1O. The fraction of sp³-hybridized carbons (Fsp3) is 0.0769. The van der Waals surface area contributed by atoms with Crippen LogP contribution in [0.2, 0.25) is 0 Å². The standard InChI is InChI=1S/C13H12O5/c14-9-3-1-2-7(13(9)18)4-8-5-11(16)12(17)6-10(8)15/h1-3,5-6,14-18H,4H2. The highest BCUT2D eigenvalue weighted by molar-refractivity contribution is 5.52. The van der Waals surface area contributed by atoms with Crippen LogP contribution in [-0.2, 0) is 6.42 Å². The van der Waals surface area contributed by atoms with Gasteiger partial charge in [0, 0.05) is 23.6 Å². The van der Waals surface area contributed by atoms with E-state index >= 15 is 0 Å². The van der Waals surface area contributed by atoms with Crippen molar-refractivity contribution in [2.24, 2.45) is 0 Å². The molecule has 0 aliphatic heterocycles. The Balaban J connectivity index is 2.40. The molecule has 0 fully saturated rings. The average Bonchev–Trinajstić information content (AvgIpc) is 2.32. The summed E-state index contributed by atoms with van der Waals surface area (Å²) in [5, 5.41) is 47.1.